The van der Waals surface area contributed by atoms with E-state index in [1.807, 2.05) is 0 Å². The first-order chi connectivity index (χ1) is 7.54. The first kappa shape index (κ1) is 13.7. The minimum absolute atomic E-state index is 0.0271. The molecule has 1 rings (SSSR count). The van der Waals surface area contributed by atoms with Crippen molar-refractivity contribution in [3.05, 3.63) is 33.8 Å². The van der Waals surface area contributed by atoms with Crippen LogP contribution in [0.4, 0.5) is 0 Å². The molecular formula is C13H20BrNO. The Bertz CT molecular complexity index is 339. The summed E-state index contributed by atoms with van der Waals surface area (Å²) in [7, 11) is 0. The zero-order valence-corrected chi connectivity index (χ0v) is 11.7. The summed E-state index contributed by atoms with van der Waals surface area (Å²) in [4.78, 5) is 0. The highest BCUT2D eigenvalue weighted by atomic mass is 79.9. The van der Waals surface area contributed by atoms with Crippen LogP contribution < -0.4 is 5.32 Å². The lowest BCUT2D eigenvalue weighted by Crippen LogP contribution is -2.27. The van der Waals surface area contributed by atoms with Gasteiger partial charge in [-0.3, -0.25) is 0 Å². The summed E-state index contributed by atoms with van der Waals surface area (Å²) in [6, 6.07) is 6.23. The van der Waals surface area contributed by atoms with E-state index < -0.39 is 0 Å². The standard InChI is InChI=1S/C13H20BrNO/c1-9(2)7-15-13(8-16)11-5-4-10(3)12(14)6-11/h4-6,9,13,15-16H,7-8H2,1-3H3. The van der Waals surface area contributed by atoms with E-state index >= 15 is 0 Å². The molecule has 0 aliphatic rings. The molecule has 2 nitrogen and oxygen atoms in total. The van der Waals surface area contributed by atoms with Crippen LogP contribution in [0, 0.1) is 12.8 Å². The lowest BCUT2D eigenvalue weighted by atomic mass is 10.1. The van der Waals surface area contributed by atoms with Crippen LogP contribution in [0.3, 0.4) is 0 Å². The summed E-state index contributed by atoms with van der Waals surface area (Å²) in [5, 5.41) is 12.7. The fourth-order valence-electron chi connectivity index (χ4n) is 1.49. The predicted octanol–water partition coefficient (Wildman–Crippen LogP) is 3.04. The molecule has 1 atom stereocenters. The van der Waals surface area contributed by atoms with Crippen LogP contribution in [0.2, 0.25) is 0 Å². The van der Waals surface area contributed by atoms with Gasteiger partial charge in [-0.05, 0) is 36.6 Å². The van der Waals surface area contributed by atoms with Crippen molar-refractivity contribution in [1.82, 2.24) is 5.32 Å². The lowest BCUT2D eigenvalue weighted by Gasteiger charge is -2.18. The zero-order chi connectivity index (χ0) is 12.1. The van der Waals surface area contributed by atoms with E-state index in [-0.39, 0.29) is 12.6 Å². The Morgan fingerprint density at radius 3 is 2.56 bits per heavy atom. The number of hydrogen-bond acceptors (Lipinski definition) is 2. The molecule has 0 aliphatic carbocycles. The maximum Gasteiger partial charge on any atom is 0.0626 e. The van der Waals surface area contributed by atoms with Gasteiger partial charge >= 0.3 is 0 Å². The van der Waals surface area contributed by atoms with Crippen molar-refractivity contribution < 1.29 is 5.11 Å². The fraction of sp³-hybridized carbons (Fsp3) is 0.538. The molecule has 0 bridgehead atoms. The van der Waals surface area contributed by atoms with Crippen molar-refractivity contribution in [2.75, 3.05) is 13.2 Å². The molecule has 0 fully saturated rings. The monoisotopic (exact) mass is 285 g/mol. The first-order valence-electron chi connectivity index (χ1n) is 5.65. The molecule has 0 heterocycles. The summed E-state index contributed by atoms with van der Waals surface area (Å²) in [6.07, 6.45) is 0. The Hall–Kier alpha value is -0.380. The van der Waals surface area contributed by atoms with E-state index in [0.29, 0.717) is 5.92 Å². The van der Waals surface area contributed by atoms with Gasteiger partial charge < -0.3 is 10.4 Å². The van der Waals surface area contributed by atoms with Gasteiger partial charge in [0.05, 0.1) is 12.6 Å². The third-order valence-electron chi connectivity index (χ3n) is 2.55. The largest absolute Gasteiger partial charge is 0.394 e. The van der Waals surface area contributed by atoms with Gasteiger partial charge in [-0.2, -0.15) is 0 Å². The second-order valence-electron chi connectivity index (χ2n) is 4.55. The molecule has 2 N–H and O–H groups in total. The van der Waals surface area contributed by atoms with Gasteiger partial charge in [0, 0.05) is 4.47 Å². The molecule has 0 aliphatic heterocycles. The molecule has 0 saturated carbocycles. The highest BCUT2D eigenvalue weighted by Crippen LogP contribution is 2.21. The maximum atomic E-state index is 9.37. The predicted molar refractivity (Wildman–Crippen MR) is 71.5 cm³/mol. The van der Waals surface area contributed by atoms with Crippen LogP contribution in [0.15, 0.2) is 22.7 Å². The molecule has 0 spiro atoms. The van der Waals surface area contributed by atoms with Crippen LogP contribution in [0.5, 0.6) is 0 Å². The minimum Gasteiger partial charge on any atom is -0.394 e. The minimum atomic E-state index is 0.0271. The quantitative estimate of drug-likeness (QED) is 0.872. The number of halogens is 1. The van der Waals surface area contributed by atoms with Crippen LogP contribution in [0.1, 0.15) is 31.0 Å². The molecule has 0 amide bonds. The van der Waals surface area contributed by atoms with Crippen molar-refractivity contribution in [3.63, 3.8) is 0 Å². The van der Waals surface area contributed by atoms with Gasteiger partial charge in [0.25, 0.3) is 0 Å². The van der Waals surface area contributed by atoms with Crippen molar-refractivity contribution >= 4 is 15.9 Å². The third-order valence-corrected chi connectivity index (χ3v) is 3.41. The zero-order valence-electron chi connectivity index (χ0n) is 10.1. The van der Waals surface area contributed by atoms with E-state index in [9.17, 15) is 5.11 Å². The number of rotatable bonds is 5. The normalized spacial score (nSPS) is 13.1. The van der Waals surface area contributed by atoms with E-state index in [4.69, 9.17) is 0 Å². The summed E-state index contributed by atoms with van der Waals surface area (Å²) in [6.45, 7) is 7.42. The second kappa shape index (κ2) is 6.38. The number of nitrogens with one attached hydrogen (secondary N) is 1. The maximum absolute atomic E-state index is 9.37. The molecule has 1 aromatic rings. The highest BCUT2D eigenvalue weighted by Gasteiger charge is 2.11. The number of benzene rings is 1. The fourth-order valence-corrected chi connectivity index (χ4v) is 1.89. The second-order valence-corrected chi connectivity index (χ2v) is 5.40. The molecule has 3 heteroatoms. The molecular weight excluding hydrogens is 266 g/mol. The van der Waals surface area contributed by atoms with Crippen LogP contribution in [-0.4, -0.2) is 18.3 Å². The van der Waals surface area contributed by atoms with Gasteiger partial charge in [0.15, 0.2) is 0 Å². The van der Waals surface area contributed by atoms with E-state index in [0.717, 1.165) is 16.6 Å². The van der Waals surface area contributed by atoms with E-state index in [1.165, 1.54) is 5.56 Å². The summed E-state index contributed by atoms with van der Waals surface area (Å²) in [5.41, 5.74) is 2.34. The highest BCUT2D eigenvalue weighted by molar-refractivity contribution is 9.10. The number of aliphatic hydroxyl groups excluding tert-OH is 1. The van der Waals surface area contributed by atoms with Crippen molar-refractivity contribution in [2.24, 2.45) is 5.92 Å². The molecule has 1 aromatic carbocycles. The summed E-state index contributed by atoms with van der Waals surface area (Å²) < 4.78 is 1.09. The van der Waals surface area contributed by atoms with Crippen molar-refractivity contribution in [3.8, 4) is 0 Å². The third kappa shape index (κ3) is 3.89. The van der Waals surface area contributed by atoms with E-state index in [2.05, 4.69) is 60.2 Å². The average Bonchev–Trinajstić information content (AvgIpc) is 2.23. The van der Waals surface area contributed by atoms with Crippen LogP contribution in [-0.2, 0) is 0 Å². The SMILES string of the molecule is Cc1ccc(C(CO)NCC(C)C)cc1Br. The molecule has 0 saturated heterocycles. The topological polar surface area (TPSA) is 32.3 Å². The molecule has 1 unspecified atom stereocenters. The summed E-state index contributed by atoms with van der Waals surface area (Å²) in [5.74, 6) is 0.586. The van der Waals surface area contributed by atoms with Gasteiger partial charge in [-0.15, -0.1) is 0 Å². The first-order valence-corrected chi connectivity index (χ1v) is 6.44. The average molecular weight is 286 g/mol. The molecule has 0 radical (unpaired) electrons. The Kier molecular flexibility index (Phi) is 5.46. The molecule has 0 aromatic heterocycles. The molecule has 16 heavy (non-hydrogen) atoms. The lowest BCUT2D eigenvalue weighted by molar-refractivity contribution is 0.241. The van der Waals surface area contributed by atoms with Gasteiger partial charge in [0.2, 0.25) is 0 Å². The van der Waals surface area contributed by atoms with Crippen molar-refractivity contribution in [1.29, 1.82) is 0 Å². The smallest absolute Gasteiger partial charge is 0.0626 e. The number of aryl methyl sites for hydroxylation is 1. The van der Waals surface area contributed by atoms with Gasteiger partial charge in [0.1, 0.15) is 0 Å². The molecule has 90 valence electrons. The van der Waals surface area contributed by atoms with Crippen molar-refractivity contribution in [2.45, 2.75) is 26.8 Å². The number of aliphatic hydroxyl groups is 1. The Labute approximate surface area is 106 Å². The van der Waals surface area contributed by atoms with Gasteiger partial charge in [-0.1, -0.05) is 41.9 Å². The van der Waals surface area contributed by atoms with Crippen LogP contribution >= 0.6 is 15.9 Å². The van der Waals surface area contributed by atoms with Gasteiger partial charge in [-0.25, -0.2) is 0 Å². The summed E-state index contributed by atoms with van der Waals surface area (Å²) >= 11 is 3.51. The number of hydrogen-bond donors (Lipinski definition) is 2. The Balaban J connectivity index is 2.74. The Morgan fingerprint density at radius 2 is 2.06 bits per heavy atom. The van der Waals surface area contributed by atoms with E-state index in [1.54, 1.807) is 0 Å². The van der Waals surface area contributed by atoms with Crippen LogP contribution in [0.25, 0.3) is 0 Å². The Morgan fingerprint density at radius 1 is 1.38 bits per heavy atom.